The summed E-state index contributed by atoms with van der Waals surface area (Å²) in [4.78, 5) is 51.6. The second kappa shape index (κ2) is 13.0. The van der Waals surface area contributed by atoms with Crippen molar-refractivity contribution in [3.8, 4) is 16.5 Å². The van der Waals surface area contributed by atoms with Crippen LogP contribution in [-0.4, -0.2) is 64.0 Å². The number of carboxylic acid groups (broad SMARTS) is 1. The molecule has 1 aromatic carbocycles. The van der Waals surface area contributed by atoms with Crippen LogP contribution in [0.5, 0.6) is 5.75 Å². The fourth-order valence-corrected chi connectivity index (χ4v) is 8.36. The normalized spacial score (nSPS) is 27.6. The minimum atomic E-state index is -1.30. The minimum Gasteiger partial charge on any atom is -0.495 e. The van der Waals surface area contributed by atoms with Gasteiger partial charge in [-0.15, -0.1) is 11.3 Å². The predicted octanol–water partition coefficient (Wildman–Crippen LogP) is 6.49. The van der Waals surface area contributed by atoms with Gasteiger partial charge in [-0.1, -0.05) is 37.6 Å². The quantitative estimate of drug-likeness (QED) is 0.289. The van der Waals surface area contributed by atoms with E-state index >= 15 is 0 Å². The highest BCUT2D eigenvalue weighted by Crippen LogP contribution is 2.47. The second-order valence-electron chi connectivity index (χ2n) is 13.4. The number of hydrogen-bond donors (Lipinski definition) is 2. The van der Waals surface area contributed by atoms with Crippen molar-refractivity contribution in [2.24, 2.45) is 23.7 Å². The van der Waals surface area contributed by atoms with E-state index in [0.717, 1.165) is 46.6 Å². The first kappa shape index (κ1) is 32.4. The molecule has 3 aromatic rings. The van der Waals surface area contributed by atoms with Crippen LogP contribution in [0.1, 0.15) is 69.5 Å². The first-order chi connectivity index (χ1) is 22.0. The lowest BCUT2D eigenvalue weighted by Crippen LogP contribution is -2.49. The average Bonchev–Trinajstić information content (AvgIpc) is 3.33. The van der Waals surface area contributed by atoms with Crippen molar-refractivity contribution in [2.45, 2.75) is 70.3 Å². The Morgan fingerprint density at radius 3 is 2.72 bits per heavy atom. The Morgan fingerprint density at radius 1 is 1.22 bits per heavy atom. The number of ether oxygens (including phenoxy) is 1. The standard InChI is InChI=1S/C35H41ClN4O5S/c1-19(2)27-18-46-32(38-27)26-16-21(23-10-11-28(45-4)29(36)30(23)37-26)13-20-14-24-25(15-20)33(42)40(3)12-8-6-5-7-9-22-17-35(22,34(43)44)39-31(24)41/h7,9-11,16,18-20,22,24-25H,5-6,8,12-15,17H2,1-4H3,(H,39,41)(H,43,44)/b9-7-/t20-,22-,24-,25-,35-/m1/s1. The van der Waals surface area contributed by atoms with Gasteiger partial charge >= 0.3 is 5.97 Å². The van der Waals surface area contributed by atoms with Gasteiger partial charge in [-0.2, -0.15) is 0 Å². The Bertz CT molecular complexity index is 1710. The third kappa shape index (κ3) is 6.13. The number of thiazole rings is 1. The SMILES string of the molecule is COc1ccc2c(C[C@@H]3C[C@H]4C(=O)N[C@]5(C(=O)O)C[C@H]5/C=C\CCCCN(C)C(=O)[C@@H]4C3)cc(-c3nc(C(C)C)cs3)nc2c1Cl. The van der Waals surface area contributed by atoms with E-state index in [9.17, 15) is 19.5 Å². The maximum Gasteiger partial charge on any atom is 0.330 e. The Balaban J connectivity index is 1.35. The van der Waals surface area contributed by atoms with Gasteiger partial charge in [0, 0.05) is 42.1 Å². The molecule has 2 aromatic heterocycles. The number of nitrogens with one attached hydrogen (secondary N) is 1. The molecule has 9 nitrogen and oxygen atoms in total. The number of fused-ring (bicyclic) bond motifs is 3. The molecule has 2 amide bonds. The van der Waals surface area contributed by atoms with Gasteiger partial charge < -0.3 is 20.1 Å². The monoisotopic (exact) mass is 664 g/mol. The largest absolute Gasteiger partial charge is 0.495 e. The summed E-state index contributed by atoms with van der Waals surface area (Å²) >= 11 is 8.35. The first-order valence-corrected chi connectivity index (χ1v) is 17.4. The van der Waals surface area contributed by atoms with E-state index in [1.807, 2.05) is 24.3 Å². The van der Waals surface area contributed by atoms with E-state index in [1.54, 1.807) is 30.4 Å². The van der Waals surface area contributed by atoms with Crippen molar-refractivity contribution in [1.29, 1.82) is 0 Å². The number of methoxy groups -OCH3 is 1. The van der Waals surface area contributed by atoms with Gasteiger partial charge in [-0.05, 0) is 80.5 Å². The van der Waals surface area contributed by atoms with Gasteiger partial charge in [-0.3, -0.25) is 9.59 Å². The summed E-state index contributed by atoms with van der Waals surface area (Å²) in [6, 6.07) is 5.85. The summed E-state index contributed by atoms with van der Waals surface area (Å²) in [7, 11) is 3.38. The Labute approximate surface area is 278 Å². The summed E-state index contributed by atoms with van der Waals surface area (Å²) in [6.07, 6.45) is 8.48. The number of carbonyl (C=O) groups is 3. The minimum absolute atomic E-state index is 0.00584. The van der Waals surface area contributed by atoms with Gasteiger partial charge in [0.05, 0.1) is 24.0 Å². The molecule has 3 heterocycles. The molecule has 0 spiro atoms. The molecule has 244 valence electrons. The van der Waals surface area contributed by atoms with Crippen molar-refractivity contribution in [1.82, 2.24) is 20.2 Å². The average molecular weight is 665 g/mol. The maximum atomic E-state index is 13.9. The molecule has 2 aliphatic carbocycles. The van der Waals surface area contributed by atoms with Gasteiger partial charge in [0.1, 0.15) is 21.3 Å². The van der Waals surface area contributed by atoms with Crippen LogP contribution < -0.4 is 10.1 Å². The molecule has 3 aliphatic rings. The summed E-state index contributed by atoms with van der Waals surface area (Å²) in [5.74, 6) is -1.99. The number of amides is 2. The fraction of sp³-hybridized carbons (Fsp3) is 0.514. The Morgan fingerprint density at radius 2 is 2.00 bits per heavy atom. The van der Waals surface area contributed by atoms with Crippen LogP contribution in [0.2, 0.25) is 5.02 Å². The number of aliphatic carboxylic acids is 1. The van der Waals surface area contributed by atoms with Crippen molar-refractivity contribution >= 4 is 51.6 Å². The predicted molar refractivity (Wildman–Crippen MR) is 179 cm³/mol. The molecule has 6 rings (SSSR count). The van der Waals surface area contributed by atoms with Crippen LogP contribution in [0.15, 0.2) is 35.7 Å². The van der Waals surface area contributed by atoms with E-state index in [0.29, 0.717) is 48.5 Å². The van der Waals surface area contributed by atoms with E-state index in [1.165, 1.54) is 0 Å². The zero-order chi connectivity index (χ0) is 32.7. The summed E-state index contributed by atoms with van der Waals surface area (Å²) in [6.45, 7) is 4.83. The molecule has 2 N–H and O–H groups in total. The van der Waals surface area contributed by atoms with E-state index in [-0.39, 0.29) is 29.6 Å². The van der Waals surface area contributed by atoms with Crippen molar-refractivity contribution < 1.29 is 24.2 Å². The van der Waals surface area contributed by atoms with Crippen LogP contribution >= 0.6 is 22.9 Å². The molecular formula is C35H41ClN4O5S. The lowest BCUT2D eigenvalue weighted by atomic mass is 9.93. The Hall–Kier alpha value is -3.50. The van der Waals surface area contributed by atoms with Crippen molar-refractivity contribution in [2.75, 3.05) is 20.7 Å². The summed E-state index contributed by atoms with van der Waals surface area (Å²) < 4.78 is 5.50. The zero-order valence-electron chi connectivity index (χ0n) is 26.7. The maximum absolute atomic E-state index is 13.9. The van der Waals surface area contributed by atoms with E-state index < -0.39 is 23.3 Å². The van der Waals surface area contributed by atoms with Gasteiger partial charge in [0.15, 0.2) is 0 Å². The third-order valence-electron chi connectivity index (χ3n) is 9.95. The van der Waals surface area contributed by atoms with Crippen LogP contribution in [0.3, 0.4) is 0 Å². The number of hydrogen-bond acceptors (Lipinski definition) is 7. The lowest BCUT2D eigenvalue weighted by molar-refractivity contribution is -0.145. The number of benzene rings is 1. The number of allylic oxidation sites excluding steroid dienone is 1. The number of nitrogens with zero attached hydrogens (tertiary/aromatic N) is 3. The summed E-state index contributed by atoms with van der Waals surface area (Å²) in [5, 5.41) is 17.2. The number of carbonyl (C=O) groups excluding carboxylic acids is 2. The van der Waals surface area contributed by atoms with Crippen LogP contribution in [-0.2, 0) is 20.8 Å². The number of aromatic nitrogens is 2. The molecule has 0 bridgehead atoms. The van der Waals surface area contributed by atoms with Gasteiger partial charge in [-0.25, -0.2) is 14.8 Å². The molecule has 0 unspecified atom stereocenters. The van der Waals surface area contributed by atoms with Crippen molar-refractivity contribution in [3.63, 3.8) is 0 Å². The molecule has 46 heavy (non-hydrogen) atoms. The Kier molecular flexibility index (Phi) is 9.13. The highest BCUT2D eigenvalue weighted by molar-refractivity contribution is 7.13. The fourth-order valence-electron chi connectivity index (χ4n) is 7.14. The smallest absolute Gasteiger partial charge is 0.330 e. The molecule has 5 atom stereocenters. The van der Waals surface area contributed by atoms with Crippen LogP contribution in [0, 0.1) is 23.7 Å². The molecule has 0 radical (unpaired) electrons. The topological polar surface area (TPSA) is 122 Å². The van der Waals surface area contributed by atoms with E-state index in [2.05, 4.69) is 30.6 Å². The number of halogens is 1. The van der Waals surface area contributed by atoms with Crippen molar-refractivity contribution in [3.05, 3.63) is 52.0 Å². The van der Waals surface area contributed by atoms with Gasteiger partial charge in [0.2, 0.25) is 11.8 Å². The van der Waals surface area contributed by atoms with E-state index in [4.69, 9.17) is 26.3 Å². The molecule has 2 saturated carbocycles. The summed E-state index contributed by atoms with van der Waals surface area (Å²) in [5.41, 5.74) is 2.05. The molecule has 11 heteroatoms. The second-order valence-corrected chi connectivity index (χ2v) is 14.6. The molecular weight excluding hydrogens is 624 g/mol. The molecule has 1 aliphatic heterocycles. The van der Waals surface area contributed by atoms with Gasteiger partial charge in [0.25, 0.3) is 0 Å². The third-order valence-corrected chi connectivity index (χ3v) is 11.2. The molecule has 0 saturated heterocycles. The number of rotatable bonds is 6. The lowest BCUT2D eigenvalue weighted by Gasteiger charge is -2.26. The number of pyridine rings is 1. The highest BCUT2D eigenvalue weighted by atomic mass is 35.5. The number of carboxylic acids is 1. The van der Waals surface area contributed by atoms with Crippen LogP contribution in [0.4, 0.5) is 0 Å². The van der Waals surface area contributed by atoms with Crippen LogP contribution in [0.25, 0.3) is 21.6 Å². The zero-order valence-corrected chi connectivity index (χ0v) is 28.3. The highest BCUT2D eigenvalue weighted by Gasteiger charge is 2.61. The first-order valence-electron chi connectivity index (χ1n) is 16.1. The molecule has 2 fully saturated rings.